The Balaban J connectivity index is 5.21. The van der Waals surface area contributed by atoms with Crippen molar-refractivity contribution >= 4 is 39.5 Å². The predicted molar refractivity (Wildman–Crippen MR) is 308 cm³/mol. The van der Waals surface area contributed by atoms with Crippen LogP contribution in [0.2, 0.25) is 0 Å². The van der Waals surface area contributed by atoms with Crippen molar-refractivity contribution in [1.82, 2.24) is 0 Å². The van der Waals surface area contributed by atoms with E-state index in [2.05, 4.69) is 27.7 Å². The third-order valence-electron chi connectivity index (χ3n) is 13.6. The molecule has 19 heteroatoms. The molecule has 78 heavy (non-hydrogen) atoms. The highest BCUT2D eigenvalue weighted by Gasteiger charge is 2.30. The quantitative estimate of drug-likeness (QED) is 0.0222. The molecule has 0 aromatic heterocycles. The molecule has 0 aromatic carbocycles. The highest BCUT2D eigenvalue weighted by Crippen LogP contribution is 2.45. The van der Waals surface area contributed by atoms with Crippen molar-refractivity contribution in [2.45, 2.75) is 316 Å². The molecule has 0 aliphatic rings. The summed E-state index contributed by atoms with van der Waals surface area (Å²) in [5, 5.41) is 10.5. The lowest BCUT2D eigenvalue weighted by Crippen LogP contribution is -2.30. The van der Waals surface area contributed by atoms with Crippen LogP contribution in [0.5, 0.6) is 0 Å². The number of carbonyl (C=O) groups excluding carboxylic acids is 4. The summed E-state index contributed by atoms with van der Waals surface area (Å²) in [5.74, 6) is -2.14. The Morgan fingerprint density at radius 2 is 0.513 bits per heavy atom. The fourth-order valence-corrected chi connectivity index (χ4v) is 10.3. The molecule has 0 amide bonds. The summed E-state index contributed by atoms with van der Waals surface area (Å²) in [4.78, 5) is 71.8. The molecule has 462 valence electrons. The smallest absolute Gasteiger partial charge is 0.462 e. The number of phosphoric acid groups is 2. The van der Waals surface area contributed by atoms with E-state index in [1.54, 1.807) is 0 Å². The van der Waals surface area contributed by atoms with E-state index in [1.165, 1.54) is 128 Å². The van der Waals surface area contributed by atoms with E-state index in [1.807, 2.05) is 0 Å². The molecule has 0 radical (unpaired) electrons. The number of hydrogen-bond acceptors (Lipinski definition) is 15. The van der Waals surface area contributed by atoms with E-state index in [9.17, 15) is 43.2 Å². The zero-order chi connectivity index (χ0) is 57.6. The van der Waals surface area contributed by atoms with E-state index < -0.39 is 97.5 Å². The van der Waals surface area contributed by atoms with Gasteiger partial charge in [0.25, 0.3) is 0 Å². The van der Waals surface area contributed by atoms with Gasteiger partial charge in [-0.15, -0.1) is 0 Å². The molecule has 0 saturated heterocycles. The number of ether oxygens (including phenoxy) is 4. The summed E-state index contributed by atoms with van der Waals surface area (Å²) in [6, 6.07) is 0. The van der Waals surface area contributed by atoms with E-state index >= 15 is 0 Å². The van der Waals surface area contributed by atoms with Crippen LogP contribution >= 0.6 is 15.6 Å². The van der Waals surface area contributed by atoms with Crippen molar-refractivity contribution in [2.75, 3.05) is 39.6 Å². The average Bonchev–Trinajstić information content (AvgIpc) is 3.41. The first kappa shape index (κ1) is 76.1. The molecule has 0 aromatic rings. The first-order valence-electron chi connectivity index (χ1n) is 31.3. The first-order chi connectivity index (χ1) is 37.7. The molecule has 0 aliphatic heterocycles. The maximum absolute atomic E-state index is 12.9. The highest BCUT2D eigenvalue weighted by atomic mass is 31.2. The van der Waals surface area contributed by atoms with Gasteiger partial charge in [0.05, 0.1) is 26.4 Å². The second kappa shape index (κ2) is 54.3. The van der Waals surface area contributed by atoms with Gasteiger partial charge in [-0.05, 0) is 25.7 Å². The summed E-state index contributed by atoms with van der Waals surface area (Å²) >= 11 is 0. The zero-order valence-electron chi connectivity index (χ0n) is 49.6. The molecule has 0 heterocycles. The SMILES string of the molecule is CCCCCCCCCCCCCC(=O)O[C@H](COC(=O)CCCCCCCCCCC)COP(=O)(O)OC[C@@H](O)COP(=O)(O)OC[C@@H](COC(=O)CCCCCCCCCCC)OC(=O)CCCCCCCCCCC. The summed E-state index contributed by atoms with van der Waals surface area (Å²) in [6.07, 6.45) is 37.5. The Hall–Kier alpha value is -1.94. The molecule has 0 saturated carbocycles. The second-order valence-corrected chi connectivity index (χ2v) is 24.3. The number of carbonyl (C=O) groups is 4. The van der Waals surface area contributed by atoms with Crippen molar-refractivity contribution in [3.8, 4) is 0 Å². The molecule has 2 unspecified atom stereocenters. The van der Waals surface area contributed by atoms with Crippen LogP contribution in [0.1, 0.15) is 297 Å². The molecule has 0 fully saturated rings. The molecular formula is C59H114O17P2. The summed E-state index contributed by atoms with van der Waals surface area (Å²) in [7, 11) is -9.87. The number of aliphatic hydroxyl groups excluding tert-OH is 1. The summed E-state index contributed by atoms with van der Waals surface area (Å²) < 4.78 is 67.7. The number of unbranched alkanes of at least 4 members (excludes halogenated alkanes) is 34. The van der Waals surface area contributed by atoms with Crippen molar-refractivity contribution in [3.05, 3.63) is 0 Å². The number of hydrogen-bond donors (Lipinski definition) is 3. The van der Waals surface area contributed by atoms with Crippen LogP contribution in [0.4, 0.5) is 0 Å². The first-order valence-corrected chi connectivity index (χ1v) is 34.3. The third-order valence-corrected chi connectivity index (χ3v) is 15.5. The summed E-state index contributed by atoms with van der Waals surface area (Å²) in [6.45, 7) is 4.81. The maximum atomic E-state index is 12.9. The lowest BCUT2D eigenvalue weighted by molar-refractivity contribution is -0.161. The predicted octanol–water partition coefficient (Wildman–Crippen LogP) is 16.0. The van der Waals surface area contributed by atoms with Crippen molar-refractivity contribution in [3.63, 3.8) is 0 Å². The van der Waals surface area contributed by atoms with Crippen LogP contribution in [0, 0.1) is 0 Å². The minimum Gasteiger partial charge on any atom is -0.462 e. The number of rotatable bonds is 60. The fourth-order valence-electron chi connectivity index (χ4n) is 8.75. The molecule has 5 atom stereocenters. The minimum absolute atomic E-state index is 0.106. The van der Waals surface area contributed by atoms with Crippen LogP contribution in [-0.2, 0) is 65.4 Å². The van der Waals surface area contributed by atoms with Gasteiger partial charge in [0.15, 0.2) is 12.2 Å². The molecule has 0 rings (SSSR count). The third kappa shape index (κ3) is 53.4. The molecule has 17 nitrogen and oxygen atoms in total. The minimum atomic E-state index is -4.93. The molecule has 0 spiro atoms. The Labute approximate surface area is 473 Å². The maximum Gasteiger partial charge on any atom is 0.472 e. The van der Waals surface area contributed by atoms with Gasteiger partial charge in [0.2, 0.25) is 0 Å². The van der Waals surface area contributed by atoms with E-state index in [0.717, 1.165) is 89.9 Å². The lowest BCUT2D eigenvalue weighted by atomic mass is 10.1. The van der Waals surface area contributed by atoms with E-state index in [0.29, 0.717) is 25.7 Å². The average molecular weight is 1160 g/mol. The van der Waals surface area contributed by atoms with Gasteiger partial charge in [-0.1, -0.05) is 246 Å². The largest absolute Gasteiger partial charge is 0.472 e. The van der Waals surface area contributed by atoms with E-state index in [-0.39, 0.29) is 25.7 Å². The van der Waals surface area contributed by atoms with Gasteiger partial charge in [-0.3, -0.25) is 37.3 Å². The van der Waals surface area contributed by atoms with Gasteiger partial charge in [-0.2, -0.15) is 0 Å². The van der Waals surface area contributed by atoms with Gasteiger partial charge in [-0.25, -0.2) is 9.13 Å². The van der Waals surface area contributed by atoms with Crippen molar-refractivity contribution < 1.29 is 80.2 Å². The second-order valence-electron chi connectivity index (χ2n) is 21.4. The van der Waals surface area contributed by atoms with Crippen molar-refractivity contribution in [2.24, 2.45) is 0 Å². The molecule has 3 N–H and O–H groups in total. The Bertz CT molecular complexity index is 1520. The van der Waals surface area contributed by atoms with Gasteiger partial charge >= 0.3 is 39.5 Å². The summed E-state index contributed by atoms with van der Waals surface area (Å²) in [5.41, 5.74) is 0. The molecular weight excluding hydrogens is 1040 g/mol. The van der Waals surface area contributed by atoms with Gasteiger partial charge < -0.3 is 33.8 Å². The molecule has 0 bridgehead atoms. The van der Waals surface area contributed by atoms with Crippen molar-refractivity contribution in [1.29, 1.82) is 0 Å². The monoisotopic (exact) mass is 1160 g/mol. The Morgan fingerprint density at radius 1 is 0.308 bits per heavy atom. The highest BCUT2D eigenvalue weighted by molar-refractivity contribution is 7.47. The number of aliphatic hydroxyl groups is 1. The van der Waals surface area contributed by atoms with Crippen LogP contribution in [-0.4, -0.2) is 96.7 Å². The Morgan fingerprint density at radius 3 is 0.756 bits per heavy atom. The lowest BCUT2D eigenvalue weighted by Gasteiger charge is -2.21. The number of phosphoric ester groups is 2. The number of esters is 4. The van der Waals surface area contributed by atoms with Gasteiger partial charge in [0, 0.05) is 25.7 Å². The topological polar surface area (TPSA) is 237 Å². The standard InChI is InChI=1S/C59H114O17P2/c1-5-9-13-17-21-25-26-30-34-38-42-46-59(64)76-55(50-70-57(62)44-40-36-32-28-23-19-15-11-7-3)52-74-78(67,68)72-48-53(60)47-71-77(65,66)73-51-54(75-58(63)45-41-37-33-29-24-20-16-12-8-4)49-69-56(61)43-39-35-31-27-22-18-14-10-6-2/h53-55,60H,5-52H2,1-4H3,(H,65,66)(H,67,68)/t53-,54+,55+/m0/s1. The fraction of sp³-hybridized carbons (Fsp3) is 0.932. The van der Waals surface area contributed by atoms with Crippen LogP contribution in [0.15, 0.2) is 0 Å². The van der Waals surface area contributed by atoms with Gasteiger partial charge in [0.1, 0.15) is 19.3 Å². The zero-order valence-corrected chi connectivity index (χ0v) is 51.4. The van der Waals surface area contributed by atoms with Crippen LogP contribution < -0.4 is 0 Å². The van der Waals surface area contributed by atoms with Crippen LogP contribution in [0.25, 0.3) is 0 Å². The van der Waals surface area contributed by atoms with E-state index in [4.69, 9.17) is 37.0 Å². The normalized spacial score (nSPS) is 14.3. The van der Waals surface area contributed by atoms with Crippen LogP contribution in [0.3, 0.4) is 0 Å². The molecule has 0 aliphatic carbocycles. The Kier molecular flexibility index (Phi) is 53.0.